The number of benzene rings is 1. The topological polar surface area (TPSA) is 68.7 Å². The Bertz CT molecular complexity index is 992. The Morgan fingerprint density at radius 1 is 1.26 bits per heavy atom. The van der Waals surface area contributed by atoms with Crippen LogP contribution in [0.25, 0.3) is 11.3 Å². The van der Waals surface area contributed by atoms with E-state index in [2.05, 4.69) is 15.2 Å². The monoisotopic (exact) mass is 424 g/mol. The first-order chi connectivity index (χ1) is 15.0. The number of β-amino-alcohol motifs (C(OH)–C–C–N with tert-alkyl or cyclic N) is 1. The van der Waals surface area contributed by atoms with Gasteiger partial charge in [-0.3, -0.25) is 14.7 Å². The van der Waals surface area contributed by atoms with Crippen LogP contribution in [0.2, 0.25) is 0 Å². The Hall–Kier alpha value is -2.35. The van der Waals surface area contributed by atoms with E-state index in [0.717, 1.165) is 44.5 Å². The molecule has 4 heterocycles. The summed E-state index contributed by atoms with van der Waals surface area (Å²) in [6.45, 7) is 5.88. The van der Waals surface area contributed by atoms with Gasteiger partial charge in [-0.1, -0.05) is 0 Å². The molecule has 0 radical (unpaired) electrons. The van der Waals surface area contributed by atoms with Crippen LogP contribution in [0.15, 0.2) is 30.5 Å². The number of pyridine rings is 1. The number of aliphatic hydroxyl groups excluding tert-OH is 1. The second kappa shape index (κ2) is 8.30. The maximum Gasteiger partial charge on any atom is 0.255 e. The summed E-state index contributed by atoms with van der Waals surface area (Å²) in [7, 11) is 0. The summed E-state index contributed by atoms with van der Waals surface area (Å²) in [5, 5.41) is 13.1. The minimum Gasteiger partial charge on any atom is -0.392 e. The number of fused-ring (bicyclic) bond motifs is 1. The van der Waals surface area contributed by atoms with Gasteiger partial charge in [-0.05, 0) is 62.6 Å². The molecule has 2 saturated heterocycles. The average Bonchev–Trinajstić information content (AvgIpc) is 3.29. The summed E-state index contributed by atoms with van der Waals surface area (Å²) < 4.78 is 15.7. The molecule has 3 aliphatic heterocycles. The first kappa shape index (κ1) is 20.5. The van der Waals surface area contributed by atoms with Crippen molar-refractivity contribution in [3.05, 3.63) is 53.0 Å². The van der Waals surface area contributed by atoms with Crippen LogP contribution in [-0.2, 0) is 6.54 Å². The van der Waals surface area contributed by atoms with Crippen molar-refractivity contribution >= 4 is 5.91 Å². The molecule has 0 saturated carbocycles. The lowest BCUT2D eigenvalue weighted by Crippen LogP contribution is -2.47. The Morgan fingerprint density at radius 3 is 2.84 bits per heavy atom. The summed E-state index contributed by atoms with van der Waals surface area (Å²) in [4.78, 5) is 21.5. The number of nitrogens with one attached hydrogen (secondary N) is 1. The minimum atomic E-state index is -0.342. The van der Waals surface area contributed by atoms with Crippen LogP contribution in [0.1, 0.15) is 53.7 Å². The zero-order valence-corrected chi connectivity index (χ0v) is 17.9. The molecule has 1 aromatic carbocycles. The highest BCUT2D eigenvalue weighted by atomic mass is 19.1. The molecule has 3 atom stereocenters. The van der Waals surface area contributed by atoms with Crippen molar-refractivity contribution in [1.82, 2.24) is 20.1 Å². The Labute approximate surface area is 182 Å². The van der Waals surface area contributed by atoms with Crippen LogP contribution in [0.4, 0.5) is 4.39 Å². The number of aromatic nitrogens is 1. The summed E-state index contributed by atoms with van der Waals surface area (Å²) in [6, 6.07) is 7.11. The number of nitrogens with zero attached hydrogens (tertiary/aromatic N) is 3. The number of carbonyl (C=O) groups is 1. The summed E-state index contributed by atoms with van der Waals surface area (Å²) in [5.41, 5.74) is 3.02. The van der Waals surface area contributed by atoms with E-state index in [-0.39, 0.29) is 29.9 Å². The predicted molar refractivity (Wildman–Crippen MR) is 116 cm³/mol. The number of rotatable bonds is 4. The van der Waals surface area contributed by atoms with E-state index in [1.165, 1.54) is 0 Å². The van der Waals surface area contributed by atoms with E-state index in [1.807, 2.05) is 24.0 Å². The number of aliphatic hydroxyl groups is 1. The highest BCUT2D eigenvalue weighted by molar-refractivity contribution is 6.00. The Balaban J connectivity index is 1.43. The smallest absolute Gasteiger partial charge is 0.255 e. The molecule has 3 aliphatic rings. The van der Waals surface area contributed by atoms with Gasteiger partial charge in [-0.2, -0.15) is 0 Å². The van der Waals surface area contributed by atoms with Crippen LogP contribution >= 0.6 is 0 Å². The third-order valence-corrected chi connectivity index (χ3v) is 6.90. The van der Waals surface area contributed by atoms with Crippen molar-refractivity contribution < 1.29 is 14.3 Å². The van der Waals surface area contributed by atoms with Crippen LogP contribution < -0.4 is 5.32 Å². The van der Waals surface area contributed by atoms with Crippen LogP contribution in [0.3, 0.4) is 0 Å². The average molecular weight is 425 g/mol. The minimum absolute atomic E-state index is 0.0732. The molecular weight excluding hydrogens is 395 g/mol. The van der Waals surface area contributed by atoms with Crippen molar-refractivity contribution in [1.29, 1.82) is 0 Å². The predicted octanol–water partition coefficient (Wildman–Crippen LogP) is 2.72. The fraction of sp³-hybridized carbons (Fsp3) is 0.500. The molecular formula is C24H29FN4O2. The molecule has 5 rings (SSSR count). The van der Waals surface area contributed by atoms with E-state index >= 15 is 4.39 Å². The van der Waals surface area contributed by atoms with Crippen molar-refractivity contribution in [3.63, 3.8) is 0 Å². The van der Waals surface area contributed by atoms with Gasteiger partial charge in [0.25, 0.3) is 5.91 Å². The van der Waals surface area contributed by atoms with Gasteiger partial charge in [0, 0.05) is 55.1 Å². The highest BCUT2D eigenvalue weighted by Gasteiger charge is 2.41. The maximum absolute atomic E-state index is 15.7. The molecule has 0 aliphatic carbocycles. The molecule has 2 N–H and O–H groups in total. The number of piperidine rings is 1. The van der Waals surface area contributed by atoms with E-state index in [0.29, 0.717) is 35.5 Å². The quantitative estimate of drug-likeness (QED) is 0.790. The van der Waals surface area contributed by atoms with Gasteiger partial charge in [-0.15, -0.1) is 0 Å². The molecule has 0 bridgehead atoms. The van der Waals surface area contributed by atoms with Crippen molar-refractivity contribution in [2.24, 2.45) is 0 Å². The van der Waals surface area contributed by atoms with Crippen molar-refractivity contribution in [2.45, 2.75) is 50.9 Å². The largest absolute Gasteiger partial charge is 0.392 e. The molecule has 7 heteroatoms. The molecule has 2 aromatic rings. The SMILES string of the molecule is C[C@@H]1c2c(ccc(-c3cc(CN4CC[C@H](O)C4)ccn3)c2F)C(=O)N1[C@@H]1CCCNC1. The zero-order chi connectivity index (χ0) is 21.5. The third kappa shape index (κ3) is 3.75. The van der Waals surface area contributed by atoms with Crippen molar-refractivity contribution in [2.75, 3.05) is 26.2 Å². The van der Waals surface area contributed by atoms with Gasteiger partial charge in [0.2, 0.25) is 0 Å². The third-order valence-electron chi connectivity index (χ3n) is 6.90. The first-order valence-corrected chi connectivity index (χ1v) is 11.2. The van der Waals surface area contributed by atoms with E-state index < -0.39 is 0 Å². The number of halogens is 1. The lowest BCUT2D eigenvalue weighted by Gasteiger charge is -2.34. The number of hydrogen-bond acceptors (Lipinski definition) is 5. The summed E-state index contributed by atoms with van der Waals surface area (Å²) in [5.74, 6) is -0.415. The van der Waals surface area contributed by atoms with Gasteiger partial charge < -0.3 is 15.3 Å². The molecule has 2 fully saturated rings. The second-order valence-electron chi connectivity index (χ2n) is 9.00. The molecule has 0 spiro atoms. The standard InChI is InChI=1S/C24H29FN4O2/c1-15-22-20(24(31)29(15)17-3-2-8-26-12-17)5-4-19(23(22)25)21-11-16(6-9-27-21)13-28-10-7-18(30)14-28/h4-6,9,11,15,17-18,26,30H,2-3,7-8,10,12-14H2,1H3/t15-,17-,18+/m1/s1. The van der Waals surface area contributed by atoms with Crippen LogP contribution in [-0.4, -0.2) is 64.1 Å². The Morgan fingerprint density at radius 2 is 2.10 bits per heavy atom. The number of likely N-dealkylation sites (tertiary alicyclic amines) is 1. The number of amides is 1. The van der Waals surface area contributed by atoms with E-state index in [4.69, 9.17) is 0 Å². The number of carbonyl (C=O) groups excluding carboxylic acids is 1. The van der Waals surface area contributed by atoms with E-state index in [1.54, 1.807) is 18.3 Å². The fourth-order valence-corrected chi connectivity index (χ4v) is 5.33. The van der Waals surface area contributed by atoms with Gasteiger partial charge in [-0.25, -0.2) is 4.39 Å². The normalized spacial score (nSPS) is 26.5. The summed E-state index contributed by atoms with van der Waals surface area (Å²) in [6.07, 6.45) is 4.20. The van der Waals surface area contributed by atoms with Gasteiger partial charge >= 0.3 is 0 Å². The van der Waals surface area contributed by atoms with Crippen LogP contribution in [0.5, 0.6) is 0 Å². The van der Waals surface area contributed by atoms with Crippen molar-refractivity contribution in [3.8, 4) is 11.3 Å². The molecule has 1 amide bonds. The first-order valence-electron chi connectivity index (χ1n) is 11.2. The second-order valence-corrected chi connectivity index (χ2v) is 9.00. The lowest BCUT2D eigenvalue weighted by molar-refractivity contribution is 0.0608. The molecule has 31 heavy (non-hydrogen) atoms. The number of hydrogen-bond donors (Lipinski definition) is 2. The molecule has 1 aromatic heterocycles. The van der Waals surface area contributed by atoms with Gasteiger partial charge in [0.05, 0.1) is 17.8 Å². The Kier molecular flexibility index (Phi) is 5.50. The summed E-state index contributed by atoms with van der Waals surface area (Å²) >= 11 is 0. The highest BCUT2D eigenvalue weighted by Crippen LogP contribution is 2.40. The van der Waals surface area contributed by atoms with Gasteiger partial charge in [0.15, 0.2) is 0 Å². The van der Waals surface area contributed by atoms with E-state index in [9.17, 15) is 9.90 Å². The molecule has 6 nitrogen and oxygen atoms in total. The molecule has 164 valence electrons. The van der Waals surface area contributed by atoms with Crippen LogP contribution in [0, 0.1) is 5.82 Å². The molecule has 0 unspecified atom stereocenters. The fourth-order valence-electron chi connectivity index (χ4n) is 5.33. The maximum atomic E-state index is 15.7. The van der Waals surface area contributed by atoms with Gasteiger partial charge in [0.1, 0.15) is 5.82 Å². The zero-order valence-electron chi connectivity index (χ0n) is 17.9. The lowest BCUT2D eigenvalue weighted by atomic mass is 9.98.